The lowest BCUT2D eigenvalue weighted by Crippen LogP contribution is -2.31. The predicted molar refractivity (Wildman–Crippen MR) is 103 cm³/mol. The standard InChI is InChI=1S/C18H19ClN2O5S/c1-3-21(4-2)27(25,26)16-11-12(9-10-14(16)19)17(22)20-15-8-6-5-7-13(15)18(23)24/h5-11H,3-4H2,1-2H3,(H,20,22)(H,23,24). The Morgan fingerprint density at radius 1 is 1.11 bits per heavy atom. The molecule has 0 aromatic heterocycles. The second-order valence-electron chi connectivity index (χ2n) is 5.54. The topological polar surface area (TPSA) is 104 Å². The van der Waals surface area contributed by atoms with E-state index in [4.69, 9.17) is 11.6 Å². The van der Waals surface area contributed by atoms with E-state index in [1.807, 2.05) is 0 Å². The number of carboxylic acid groups (broad SMARTS) is 1. The zero-order chi connectivity index (χ0) is 20.2. The van der Waals surface area contributed by atoms with Crippen molar-refractivity contribution in [2.75, 3.05) is 18.4 Å². The van der Waals surface area contributed by atoms with Crippen LogP contribution in [0, 0.1) is 0 Å². The van der Waals surface area contributed by atoms with E-state index in [0.29, 0.717) is 0 Å². The molecule has 2 N–H and O–H groups in total. The Kier molecular flexibility index (Phi) is 6.59. The average molecular weight is 411 g/mol. The van der Waals surface area contributed by atoms with E-state index < -0.39 is 21.9 Å². The Balaban J connectivity index is 2.41. The molecule has 144 valence electrons. The summed E-state index contributed by atoms with van der Waals surface area (Å²) in [4.78, 5) is 23.6. The van der Waals surface area contributed by atoms with Crippen LogP contribution in [-0.2, 0) is 10.0 Å². The van der Waals surface area contributed by atoms with Crippen LogP contribution in [0.15, 0.2) is 47.4 Å². The van der Waals surface area contributed by atoms with Gasteiger partial charge >= 0.3 is 5.97 Å². The van der Waals surface area contributed by atoms with Crippen LogP contribution in [0.5, 0.6) is 0 Å². The molecule has 0 aliphatic rings. The summed E-state index contributed by atoms with van der Waals surface area (Å²) < 4.78 is 26.7. The fraction of sp³-hybridized carbons (Fsp3) is 0.222. The van der Waals surface area contributed by atoms with Gasteiger partial charge in [-0.2, -0.15) is 4.31 Å². The van der Waals surface area contributed by atoms with Gasteiger partial charge in [0.2, 0.25) is 10.0 Å². The zero-order valence-corrected chi connectivity index (χ0v) is 16.3. The molecule has 27 heavy (non-hydrogen) atoms. The molecule has 9 heteroatoms. The Morgan fingerprint density at radius 2 is 1.74 bits per heavy atom. The number of aromatic carboxylic acids is 1. The number of carboxylic acids is 1. The summed E-state index contributed by atoms with van der Waals surface area (Å²) in [6.45, 7) is 3.93. The Bertz CT molecular complexity index is 971. The number of para-hydroxylation sites is 1. The summed E-state index contributed by atoms with van der Waals surface area (Å²) in [7, 11) is -3.86. The normalized spacial score (nSPS) is 11.4. The van der Waals surface area contributed by atoms with Gasteiger partial charge in [0.1, 0.15) is 4.90 Å². The number of rotatable bonds is 7. The maximum Gasteiger partial charge on any atom is 0.337 e. The van der Waals surface area contributed by atoms with Gasteiger partial charge in [-0.25, -0.2) is 13.2 Å². The first-order chi connectivity index (χ1) is 12.7. The van der Waals surface area contributed by atoms with Crippen molar-refractivity contribution < 1.29 is 23.1 Å². The summed E-state index contributed by atoms with van der Waals surface area (Å²) in [5.41, 5.74) is 0.0826. The van der Waals surface area contributed by atoms with E-state index in [9.17, 15) is 23.1 Å². The number of halogens is 1. The van der Waals surface area contributed by atoms with Crippen LogP contribution in [0.4, 0.5) is 5.69 Å². The fourth-order valence-electron chi connectivity index (χ4n) is 2.52. The summed E-state index contributed by atoms with van der Waals surface area (Å²) in [6, 6.07) is 9.82. The smallest absolute Gasteiger partial charge is 0.337 e. The van der Waals surface area contributed by atoms with E-state index in [0.717, 1.165) is 0 Å². The van der Waals surface area contributed by atoms with E-state index in [1.54, 1.807) is 19.9 Å². The summed E-state index contributed by atoms with van der Waals surface area (Å²) in [5.74, 6) is -1.83. The lowest BCUT2D eigenvalue weighted by molar-refractivity contribution is 0.0698. The van der Waals surface area contributed by atoms with Crippen LogP contribution < -0.4 is 5.32 Å². The molecule has 2 rings (SSSR count). The Labute approximate surface area is 162 Å². The molecule has 0 saturated heterocycles. The molecule has 0 atom stereocenters. The third-order valence-electron chi connectivity index (χ3n) is 3.92. The first-order valence-corrected chi connectivity index (χ1v) is 9.97. The average Bonchev–Trinajstić information content (AvgIpc) is 2.62. The van der Waals surface area contributed by atoms with Crippen LogP contribution in [0.1, 0.15) is 34.6 Å². The highest BCUT2D eigenvalue weighted by Gasteiger charge is 2.25. The molecule has 0 saturated carbocycles. The highest BCUT2D eigenvalue weighted by atomic mass is 35.5. The monoisotopic (exact) mass is 410 g/mol. The van der Waals surface area contributed by atoms with Gasteiger partial charge in [0.15, 0.2) is 0 Å². The molecule has 0 unspecified atom stereocenters. The van der Waals surface area contributed by atoms with Gasteiger partial charge in [-0.1, -0.05) is 37.6 Å². The van der Waals surface area contributed by atoms with E-state index in [2.05, 4.69) is 5.32 Å². The van der Waals surface area contributed by atoms with Crippen LogP contribution in [-0.4, -0.2) is 42.8 Å². The molecule has 0 spiro atoms. The lowest BCUT2D eigenvalue weighted by Gasteiger charge is -2.19. The van der Waals surface area contributed by atoms with Gasteiger partial charge < -0.3 is 10.4 Å². The Morgan fingerprint density at radius 3 is 2.33 bits per heavy atom. The quantitative estimate of drug-likeness (QED) is 0.728. The molecule has 0 fully saturated rings. The summed E-state index contributed by atoms with van der Waals surface area (Å²) in [5, 5.41) is 11.7. The van der Waals surface area contributed by atoms with E-state index in [1.165, 1.54) is 40.7 Å². The fourth-order valence-corrected chi connectivity index (χ4v) is 4.48. The van der Waals surface area contributed by atoms with Crippen molar-refractivity contribution in [1.29, 1.82) is 0 Å². The first-order valence-electron chi connectivity index (χ1n) is 8.15. The Hall–Kier alpha value is -2.42. The number of benzene rings is 2. The number of sulfonamides is 1. The molecule has 0 aliphatic carbocycles. The summed E-state index contributed by atoms with van der Waals surface area (Å²) in [6.07, 6.45) is 0. The SMILES string of the molecule is CCN(CC)S(=O)(=O)c1cc(C(=O)Nc2ccccc2C(=O)O)ccc1Cl. The molecular weight excluding hydrogens is 392 g/mol. The second kappa shape index (κ2) is 8.51. The second-order valence-corrected chi connectivity index (χ2v) is 7.85. The molecule has 0 aliphatic heterocycles. The molecule has 7 nitrogen and oxygen atoms in total. The number of amides is 1. The largest absolute Gasteiger partial charge is 0.478 e. The molecule has 1 amide bonds. The lowest BCUT2D eigenvalue weighted by atomic mass is 10.1. The molecule has 0 bridgehead atoms. The number of nitrogens with zero attached hydrogens (tertiary/aromatic N) is 1. The minimum Gasteiger partial charge on any atom is -0.478 e. The van der Waals surface area contributed by atoms with Crippen molar-refractivity contribution in [3.05, 3.63) is 58.6 Å². The molecule has 0 radical (unpaired) electrons. The first kappa shape index (κ1) is 20.9. The van der Waals surface area contributed by atoms with Crippen LogP contribution >= 0.6 is 11.6 Å². The number of carbonyl (C=O) groups excluding carboxylic acids is 1. The van der Waals surface area contributed by atoms with Crippen molar-refractivity contribution in [1.82, 2.24) is 4.31 Å². The number of carbonyl (C=O) groups is 2. The minimum atomic E-state index is -3.86. The molecular formula is C18H19ClN2O5S. The van der Waals surface area contributed by atoms with Gasteiger partial charge in [0.25, 0.3) is 5.91 Å². The maximum atomic E-state index is 12.7. The third-order valence-corrected chi connectivity index (χ3v) is 6.45. The van der Waals surface area contributed by atoms with Crippen molar-refractivity contribution in [3.63, 3.8) is 0 Å². The maximum absolute atomic E-state index is 12.7. The number of hydrogen-bond acceptors (Lipinski definition) is 4. The minimum absolute atomic E-state index is 0.00406. The van der Waals surface area contributed by atoms with Gasteiger partial charge in [-0.3, -0.25) is 4.79 Å². The van der Waals surface area contributed by atoms with Crippen LogP contribution in [0.3, 0.4) is 0 Å². The van der Waals surface area contributed by atoms with Crippen LogP contribution in [0.2, 0.25) is 5.02 Å². The van der Waals surface area contributed by atoms with Crippen molar-refractivity contribution >= 4 is 39.2 Å². The summed E-state index contributed by atoms with van der Waals surface area (Å²) >= 11 is 6.06. The highest BCUT2D eigenvalue weighted by Crippen LogP contribution is 2.26. The van der Waals surface area contributed by atoms with Crippen LogP contribution in [0.25, 0.3) is 0 Å². The van der Waals surface area contributed by atoms with Gasteiger partial charge in [-0.15, -0.1) is 0 Å². The van der Waals surface area contributed by atoms with E-state index >= 15 is 0 Å². The zero-order valence-electron chi connectivity index (χ0n) is 14.8. The number of anilines is 1. The van der Waals surface area contributed by atoms with Crippen molar-refractivity contribution in [3.8, 4) is 0 Å². The molecule has 2 aromatic rings. The van der Waals surface area contributed by atoms with Crippen molar-refractivity contribution in [2.45, 2.75) is 18.7 Å². The van der Waals surface area contributed by atoms with Crippen molar-refractivity contribution in [2.24, 2.45) is 0 Å². The molecule has 2 aromatic carbocycles. The molecule has 0 heterocycles. The van der Waals surface area contributed by atoms with Gasteiger partial charge in [0, 0.05) is 18.7 Å². The van der Waals surface area contributed by atoms with Gasteiger partial charge in [-0.05, 0) is 30.3 Å². The van der Waals surface area contributed by atoms with E-state index in [-0.39, 0.29) is 39.8 Å². The third kappa shape index (κ3) is 4.47. The predicted octanol–water partition coefficient (Wildman–Crippen LogP) is 3.32. The highest BCUT2D eigenvalue weighted by molar-refractivity contribution is 7.89. The number of nitrogens with one attached hydrogen (secondary N) is 1. The number of hydrogen-bond donors (Lipinski definition) is 2. The van der Waals surface area contributed by atoms with Gasteiger partial charge in [0.05, 0.1) is 16.3 Å².